The van der Waals surface area contributed by atoms with Crippen LogP contribution in [0.3, 0.4) is 0 Å². The van der Waals surface area contributed by atoms with E-state index in [0.29, 0.717) is 19.5 Å². The van der Waals surface area contributed by atoms with Gasteiger partial charge in [0.25, 0.3) is 5.91 Å². The average molecular weight is 236 g/mol. The summed E-state index contributed by atoms with van der Waals surface area (Å²) in [5.74, 6) is -0.288. The van der Waals surface area contributed by atoms with E-state index in [1.807, 2.05) is 6.92 Å². The Morgan fingerprint density at radius 2 is 2.00 bits per heavy atom. The second-order valence-corrected chi connectivity index (χ2v) is 3.45. The fraction of sp³-hybridized carbons (Fsp3) is 0.455. The third kappa shape index (κ3) is 5.05. The minimum Gasteiger partial charge on any atom is -0.354 e. The summed E-state index contributed by atoms with van der Waals surface area (Å²) in [5, 5.41) is 5.34. The molecular weight excluding hydrogens is 220 g/mol. The summed E-state index contributed by atoms with van der Waals surface area (Å²) >= 11 is 0. The highest BCUT2D eigenvalue weighted by Crippen LogP contribution is 1.89. The molecule has 0 saturated carbocycles. The zero-order valence-electron chi connectivity index (χ0n) is 9.77. The number of nitrogens with one attached hydrogen (secondary N) is 2. The number of carbonyl (C=O) groups excluding carboxylic acids is 2. The molecule has 1 rings (SSSR count). The fourth-order valence-corrected chi connectivity index (χ4v) is 1.20. The third-order valence-corrected chi connectivity index (χ3v) is 2.01. The topological polar surface area (TPSA) is 84.0 Å². The number of carbonyl (C=O) groups is 2. The molecular formula is C11H16N4O2. The first-order valence-corrected chi connectivity index (χ1v) is 5.55. The highest BCUT2D eigenvalue weighted by molar-refractivity contribution is 5.91. The second kappa shape index (κ2) is 7.32. The van der Waals surface area contributed by atoms with E-state index in [0.717, 1.165) is 6.42 Å². The van der Waals surface area contributed by atoms with Crippen LogP contribution in [0.2, 0.25) is 0 Å². The summed E-state index contributed by atoms with van der Waals surface area (Å²) in [6.07, 6.45) is 5.68. The zero-order chi connectivity index (χ0) is 12.5. The van der Waals surface area contributed by atoms with Crippen molar-refractivity contribution in [2.24, 2.45) is 0 Å². The van der Waals surface area contributed by atoms with Crippen molar-refractivity contribution in [3.63, 3.8) is 0 Å². The Morgan fingerprint density at radius 3 is 2.65 bits per heavy atom. The molecule has 1 aromatic heterocycles. The van der Waals surface area contributed by atoms with Crippen molar-refractivity contribution in [3.05, 3.63) is 24.3 Å². The molecule has 0 aliphatic carbocycles. The second-order valence-electron chi connectivity index (χ2n) is 3.45. The van der Waals surface area contributed by atoms with Gasteiger partial charge in [0, 0.05) is 31.9 Å². The molecule has 0 saturated heterocycles. The Hall–Kier alpha value is -1.98. The van der Waals surface area contributed by atoms with Crippen molar-refractivity contribution in [1.82, 2.24) is 20.6 Å². The van der Waals surface area contributed by atoms with Gasteiger partial charge in [0.15, 0.2) is 0 Å². The van der Waals surface area contributed by atoms with E-state index >= 15 is 0 Å². The Kier molecular flexibility index (Phi) is 5.63. The van der Waals surface area contributed by atoms with Gasteiger partial charge in [-0.05, 0) is 6.42 Å². The van der Waals surface area contributed by atoms with Gasteiger partial charge in [-0.3, -0.25) is 14.6 Å². The minimum atomic E-state index is -0.289. The highest BCUT2D eigenvalue weighted by Gasteiger charge is 2.05. The maximum Gasteiger partial charge on any atom is 0.271 e. The van der Waals surface area contributed by atoms with Gasteiger partial charge in [-0.15, -0.1) is 0 Å². The van der Waals surface area contributed by atoms with E-state index in [9.17, 15) is 9.59 Å². The van der Waals surface area contributed by atoms with Gasteiger partial charge in [-0.1, -0.05) is 6.92 Å². The molecule has 0 atom stereocenters. The molecule has 2 amide bonds. The molecule has 0 aromatic carbocycles. The predicted octanol–water partition coefficient (Wildman–Crippen LogP) is 0.123. The normalized spacial score (nSPS) is 9.71. The van der Waals surface area contributed by atoms with Crippen LogP contribution in [-0.4, -0.2) is 34.9 Å². The standard InChI is InChI=1S/C11H16N4O2/c1-2-3-10(16)14-6-7-15-11(17)9-8-12-4-5-13-9/h4-5,8H,2-3,6-7H2,1H3,(H,14,16)(H,15,17). The van der Waals surface area contributed by atoms with Gasteiger partial charge in [0.05, 0.1) is 6.20 Å². The molecule has 1 aromatic rings. The summed E-state index contributed by atoms with van der Waals surface area (Å²) in [5.41, 5.74) is 0.271. The lowest BCUT2D eigenvalue weighted by atomic mass is 10.3. The van der Waals surface area contributed by atoms with Crippen LogP contribution >= 0.6 is 0 Å². The number of rotatable bonds is 6. The van der Waals surface area contributed by atoms with Crippen LogP contribution in [0.4, 0.5) is 0 Å². The van der Waals surface area contributed by atoms with Gasteiger partial charge in [-0.2, -0.15) is 0 Å². The van der Waals surface area contributed by atoms with Gasteiger partial charge >= 0.3 is 0 Å². The minimum absolute atomic E-state index is 0.00116. The Bertz CT molecular complexity index is 367. The van der Waals surface area contributed by atoms with Crippen molar-refractivity contribution in [1.29, 1.82) is 0 Å². The van der Waals surface area contributed by atoms with E-state index in [-0.39, 0.29) is 17.5 Å². The van der Waals surface area contributed by atoms with E-state index in [2.05, 4.69) is 20.6 Å². The molecule has 2 N–H and O–H groups in total. The molecule has 17 heavy (non-hydrogen) atoms. The van der Waals surface area contributed by atoms with Gasteiger partial charge < -0.3 is 10.6 Å². The Labute approximate surface area is 99.8 Å². The van der Waals surface area contributed by atoms with E-state index in [1.165, 1.54) is 18.6 Å². The molecule has 6 heteroatoms. The Morgan fingerprint density at radius 1 is 1.24 bits per heavy atom. The van der Waals surface area contributed by atoms with Gasteiger partial charge in [0.2, 0.25) is 5.91 Å². The molecule has 1 heterocycles. The zero-order valence-corrected chi connectivity index (χ0v) is 9.77. The number of hydrogen-bond acceptors (Lipinski definition) is 4. The Balaban J connectivity index is 2.19. The summed E-state index contributed by atoms with van der Waals surface area (Å²) in [4.78, 5) is 30.3. The quantitative estimate of drug-likeness (QED) is 0.687. The SMILES string of the molecule is CCCC(=O)NCCNC(=O)c1cnccn1. The van der Waals surface area contributed by atoms with Crippen LogP contribution in [0, 0.1) is 0 Å². The highest BCUT2D eigenvalue weighted by atomic mass is 16.2. The third-order valence-electron chi connectivity index (χ3n) is 2.01. The lowest BCUT2D eigenvalue weighted by Gasteiger charge is -2.05. The van der Waals surface area contributed by atoms with E-state index in [4.69, 9.17) is 0 Å². The molecule has 0 aliphatic rings. The van der Waals surface area contributed by atoms with Crippen molar-refractivity contribution in [3.8, 4) is 0 Å². The van der Waals surface area contributed by atoms with Crippen LogP contribution in [0.15, 0.2) is 18.6 Å². The fourth-order valence-electron chi connectivity index (χ4n) is 1.20. The predicted molar refractivity (Wildman–Crippen MR) is 62.3 cm³/mol. The first-order valence-electron chi connectivity index (χ1n) is 5.55. The molecule has 0 unspecified atom stereocenters. The smallest absolute Gasteiger partial charge is 0.271 e. The van der Waals surface area contributed by atoms with Crippen LogP contribution < -0.4 is 10.6 Å². The van der Waals surface area contributed by atoms with Crippen LogP contribution in [-0.2, 0) is 4.79 Å². The van der Waals surface area contributed by atoms with Gasteiger partial charge in [-0.25, -0.2) is 4.98 Å². The summed E-state index contributed by atoms with van der Waals surface area (Å²) in [6.45, 7) is 2.74. The number of nitrogens with zero attached hydrogens (tertiary/aromatic N) is 2. The summed E-state index contributed by atoms with van der Waals surface area (Å²) in [6, 6.07) is 0. The van der Waals surface area contributed by atoms with Crippen molar-refractivity contribution < 1.29 is 9.59 Å². The summed E-state index contributed by atoms with van der Waals surface area (Å²) < 4.78 is 0. The van der Waals surface area contributed by atoms with E-state index in [1.54, 1.807) is 0 Å². The number of amides is 2. The molecule has 92 valence electrons. The molecule has 0 spiro atoms. The van der Waals surface area contributed by atoms with Crippen LogP contribution in [0.1, 0.15) is 30.3 Å². The van der Waals surface area contributed by atoms with Crippen molar-refractivity contribution >= 4 is 11.8 Å². The first-order chi connectivity index (χ1) is 8.24. The van der Waals surface area contributed by atoms with Crippen LogP contribution in [0.5, 0.6) is 0 Å². The van der Waals surface area contributed by atoms with Crippen LogP contribution in [0.25, 0.3) is 0 Å². The maximum absolute atomic E-state index is 11.5. The molecule has 0 radical (unpaired) electrons. The lowest BCUT2D eigenvalue weighted by molar-refractivity contribution is -0.121. The van der Waals surface area contributed by atoms with E-state index < -0.39 is 0 Å². The molecule has 0 bridgehead atoms. The maximum atomic E-state index is 11.5. The largest absolute Gasteiger partial charge is 0.354 e. The van der Waals surface area contributed by atoms with Gasteiger partial charge in [0.1, 0.15) is 5.69 Å². The van der Waals surface area contributed by atoms with Crippen molar-refractivity contribution in [2.45, 2.75) is 19.8 Å². The first kappa shape index (κ1) is 13.1. The average Bonchev–Trinajstić information content (AvgIpc) is 2.36. The van der Waals surface area contributed by atoms with Crippen molar-refractivity contribution in [2.75, 3.05) is 13.1 Å². The monoisotopic (exact) mass is 236 g/mol. The molecule has 0 fully saturated rings. The lowest BCUT2D eigenvalue weighted by Crippen LogP contribution is -2.34. The number of aromatic nitrogens is 2. The molecule has 0 aliphatic heterocycles. The summed E-state index contributed by atoms with van der Waals surface area (Å²) in [7, 11) is 0. The number of hydrogen-bond donors (Lipinski definition) is 2. The molecule has 6 nitrogen and oxygen atoms in total.